The molecule has 7 heteroatoms. The fraction of sp³-hybridized carbons (Fsp3) is 0.714. The van der Waals surface area contributed by atoms with Crippen molar-refractivity contribution in [3.05, 3.63) is 0 Å². The van der Waals surface area contributed by atoms with Crippen LogP contribution in [0, 0.1) is 0 Å². The molecule has 80 valence electrons. The number of alkyl halides is 2. The molecule has 2 amide bonds. The van der Waals surface area contributed by atoms with Gasteiger partial charge in [-0.05, 0) is 0 Å². The van der Waals surface area contributed by atoms with Gasteiger partial charge >= 0.3 is 6.43 Å². The molecule has 1 aliphatic rings. The Hall–Kier alpha value is -1.24. The Morgan fingerprint density at radius 2 is 2.07 bits per heavy atom. The summed E-state index contributed by atoms with van der Waals surface area (Å²) in [5, 5.41) is 9.46. The highest BCUT2D eigenvalue weighted by molar-refractivity contribution is 5.86. The summed E-state index contributed by atoms with van der Waals surface area (Å²) in [6.07, 6.45) is -3.22. The van der Waals surface area contributed by atoms with E-state index >= 15 is 0 Å². The van der Waals surface area contributed by atoms with Crippen molar-refractivity contribution >= 4 is 11.8 Å². The maximum Gasteiger partial charge on any atom is 0.315 e. The summed E-state index contributed by atoms with van der Waals surface area (Å²) in [5.74, 6) is -2.38. The molecule has 0 aromatic carbocycles. The molecule has 0 saturated carbocycles. The summed E-state index contributed by atoms with van der Waals surface area (Å²) in [7, 11) is 0. The van der Waals surface area contributed by atoms with E-state index < -0.39 is 30.4 Å². The van der Waals surface area contributed by atoms with E-state index in [0.29, 0.717) is 0 Å². The molecular formula is C7H10F2N2O3. The number of hydrogen-bond acceptors (Lipinski definition) is 3. The third kappa shape index (κ3) is 1.82. The minimum absolute atomic E-state index is 0.0807. The normalized spacial score (nSPS) is 27.0. The van der Waals surface area contributed by atoms with Gasteiger partial charge in [0, 0.05) is 13.0 Å². The molecule has 0 radical (unpaired) electrons. The highest BCUT2D eigenvalue weighted by Gasteiger charge is 2.44. The van der Waals surface area contributed by atoms with Gasteiger partial charge in [-0.25, -0.2) is 0 Å². The van der Waals surface area contributed by atoms with Crippen LogP contribution in [0.3, 0.4) is 0 Å². The lowest BCUT2D eigenvalue weighted by molar-refractivity contribution is -0.144. The van der Waals surface area contributed by atoms with Gasteiger partial charge in [-0.3, -0.25) is 9.59 Å². The van der Waals surface area contributed by atoms with Crippen molar-refractivity contribution in [1.29, 1.82) is 0 Å². The molecule has 0 aromatic heterocycles. The number of amides is 2. The van der Waals surface area contributed by atoms with E-state index in [1.807, 2.05) is 0 Å². The Morgan fingerprint density at radius 1 is 1.50 bits per heavy atom. The van der Waals surface area contributed by atoms with Gasteiger partial charge in [0.1, 0.15) is 0 Å². The first-order chi connectivity index (χ1) is 6.37. The van der Waals surface area contributed by atoms with Crippen LogP contribution in [0.1, 0.15) is 6.42 Å². The lowest BCUT2D eigenvalue weighted by Gasteiger charge is -2.19. The number of aliphatic hydroxyl groups is 1. The Morgan fingerprint density at radius 3 is 2.43 bits per heavy atom. The summed E-state index contributed by atoms with van der Waals surface area (Å²) >= 11 is 0. The number of halogens is 2. The van der Waals surface area contributed by atoms with Gasteiger partial charge in [0.2, 0.25) is 0 Å². The number of nitrogens with zero attached hydrogens (tertiary/aromatic N) is 1. The second kappa shape index (κ2) is 3.49. The number of nitrogens with two attached hydrogens (primary N) is 1. The molecule has 1 unspecified atom stereocenters. The molecule has 3 N–H and O–H groups in total. The summed E-state index contributed by atoms with van der Waals surface area (Å²) < 4.78 is 23.9. The Balaban J connectivity index is 2.66. The Bertz CT molecular complexity index is 272. The van der Waals surface area contributed by atoms with Crippen molar-refractivity contribution in [1.82, 2.24) is 4.90 Å². The van der Waals surface area contributed by atoms with E-state index in [9.17, 15) is 23.5 Å². The van der Waals surface area contributed by atoms with Crippen LogP contribution >= 0.6 is 0 Å². The highest BCUT2D eigenvalue weighted by atomic mass is 19.3. The van der Waals surface area contributed by atoms with E-state index in [1.54, 1.807) is 0 Å². The van der Waals surface area contributed by atoms with Crippen LogP contribution in [0.5, 0.6) is 0 Å². The average molecular weight is 208 g/mol. The van der Waals surface area contributed by atoms with Crippen LogP contribution in [-0.2, 0) is 9.59 Å². The molecule has 0 spiro atoms. The molecule has 5 nitrogen and oxygen atoms in total. The third-order valence-electron chi connectivity index (χ3n) is 2.20. The van der Waals surface area contributed by atoms with Crippen LogP contribution < -0.4 is 5.73 Å². The molecule has 1 rings (SSSR count). The van der Waals surface area contributed by atoms with E-state index in [2.05, 4.69) is 0 Å². The molecule has 1 aliphatic heterocycles. The number of β-amino-alcohol motifs (C(OH)–C–C–N with tert-alkyl or cyclic N) is 1. The quantitative estimate of drug-likeness (QED) is 0.591. The van der Waals surface area contributed by atoms with Crippen molar-refractivity contribution in [3.63, 3.8) is 0 Å². The van der Waals surface area contributed by atoms with Crippen LogP contribution in [0.15, 0.2) is 0 Å². The van der Waals surface area contributed by atoms with Gasteiger partial charge < -0.3 is 15.7 Å². The first-order valence-electron chi connectivity index (χ1n) is 3.96. The largest absolute Gasteiger partial charge is 0.378 e. The predicted octanol–water partition coefficient (Wildman–Crippen LogP) is -1.30. The molecule has 1 fully saturated rings. The van der Waals surface area contributed by atoms with E-state index in [0.717, 1.165) is 4.90 Å². The number of likely N-dealkylation sites (tertiary alicyclic amines) is 1. The van der Waals surface area contributed by atoms with Crippen molar-refractivity contribution in [2.24, 2.45) is 5.73 Å². The van der Waals surface area contributed by atoms with Crippen LogP contribution in [0.25, 0.3) is 0 Å². The number of hydrogen-bond donors (Lipinski definition) is 2. The zero-order valence-electron chi connectivity index (χ0n) is 7.24. The zero-order valence-corrected chi connectivity index (χ0v) is 7.24. The smallest absolute Gasteiger partial charge is 0.315 e. The number of primary amides is 1. The lowest BCUT2D eigenvalue weighted by atomic mass is 10.0. The van der Waals surface area contributed by atoms with Crippen LogP contribution in [-0.4, -0.2) is 46.9 Å². The standard InChI is InChI=1S/C7H10F2N2O3/c8-4(9)5(12)11-2-1-7(14,3-11)6(10)13/h4,14H,1-3H2,(H2,10,13). The number of carbonyl (C=O) groups excluding carboxylic acids is 2. The highest BCUT2D eigenvalue weighted by Crippen LogP contribution is 2.21. The fourth-order valence-corrected chi connectivity index (χ4v) is 1.32. The minimum atomic E-state index is -3.12. The number of carbonyl (C=O) groups is 2. The predicted molar refractivity (Wildman–Crippen MR) is 41.3 cm³/mol. The average Bonchev–Trinajstić information content (AvgIpc) is 2.48. The molecule has 0 bridgehead atoms. The van der Waals surface area contributed by atoms with Crippen molar-refractivity contribution < 1.29 is 23.5 Å². The maximum absolute atomic E-state index is 11.9. The molecular weight excluding hydrogens is 198 g/mol. The summed E-state index contributed by atoms with van der Waals surface area (Å²) in [6, 6.07) is 0. The summed E-state index contributed by atoms with van der Waals surface area (Å²) in [4.78, 5) is 22.2. The zero-order chi connectivity index (χ0) is 10.9. The van der Waals surface area contributed by atoms with Crippen molar-refractivity contribution in [2.45, 2.75) is 18.4 Å². The van der Waals surface area contributed by atoms with Gasteiger partial charge in [-0.1, -0.05) is 0 Å². The monoisotopic (exact) mass is 208 g/mol. The van der Waals surface area contributed by atoms with Crippen LogP contribution in [0.4, 0.5) is 8.78 Å². The molecule has 1 heterocycles. The number of rotatable bonds is 2. The fourth-order valence-electron chi connectivity index (χ4n) is 1.32. The molecule has 1 atom stereocenters. The SMILES string of the molecule is NC(=O)C1(O)CCN(C(=O)C(F)F)C1. The van der Waals surface area contributed by atoms with Gasteiger partial charge in [0.15, 0.2) is 5.60 Å². The maximum atomic E-state index is 11.9. The van der Waals surface area contributed by atoms with Gasteiger partial charge in [-0.2, -0.15) is 8.78 Å². The summed E-state index contributed by atoms with van der Waals surface area (Å²) in [5.41, 5.74) is 3.00. The molecule has 0 aromatic rings. The first kappa shape index (κ1) is 10.8. The van der Waals surface area contributed by atoms with Gasteiger partial charge in [0.25, 0.3) is 11.8 Å². The molecule has 14 heavy (non-hydrogen) atoms. The minimum Gasteiger partial charge on any atom is -0.378 e. The van der Waals surface area contributed by atoms with E-state index in [1.165, 1.54) is 0 Å². The Labute approximate surface area is 78.5 Å². The lowest BCUT2D eigenvalue weighted by Crippen LogP contribution is -2.47. The Kier molecular flexibility index (Phi) is 2.70. The van der Waals surface area contributed by atoms with Gasteiger partial charge in [0.05, 0.1) is 6.54 Å². The first-order valence-corrected chi connectivity index (χ1v) is 3.96. The topological polar surface area (TPSA) is 83.6 Å². The molecule has 0 aliphatic carbocycles. The second-order valence-corrected chi connectivity index (χ2v) is 3.21. The van der Waals surface area contributed by atoms with Crippen molar-refractivity contribution in [2.75, 3.05) is 13.1 Å². The van der Waals surface area contributed by atoms with Gasteiger partial charge in [-0.15, -0.1) is 0 Å². The van der Waals surface area contributed by atoms with Crippen molar-refractivity contribution in [3.8, 4) is 0 Å². The summed E-state index contributed by atoms with van der Waals surface area (Å²) in [6.45, 7) is -0.534. The second-order valence-electron chi connectivity index (χ2n) is 3.21. The van der Waals surface area contributed by atoms with Crippen LogP contribution in [0.2, 0.25) is 0 Å². The van der Waals surface area contributed by atoms with E-state index in [4.69, 9.17) is 5.73 Å². The third-order valence-corrected chi connectivity index (χ3v) is 2.20. The molecule has 1 saturated heterocycles. The van der Waals surface area contributed by atoms with E-state index in [-0.39, 0.29) is 13.0 Å².